The van der Waals surface area contributed by atoms with Crippen molar-refractivity contribution in [1.29, 1.82) is 0 Å². The zero-order valence-electron chi connectivity index (χ0n) is 7.04. The smallest absolute Gasteiger partial charge is 0.437 e. The molecule has 14 heavy (non-hydrogen) atoms. The molecule has 0 saturated heterocycles. The first kappa shape index (κ1) is 10.5. The van der Waals surface area contributed by atoms with E-state index >= 15 is 0 Å². The predicted octanol–water partition coefficient (Wildman–Crippen LogP) is 0.461. The Balaban J connectivity index is 3.13. The third kappa shape index (κ3) is 2.01. The second-order valence-electron chi connectivity index (χ2n) is 2.58. The van der Waals surface area contributed by atoms with Gasteiger partial charge in [0.05, 0.1) is 12.1 Å². The highest BCUT2D eigenvalue weighted by Gasteiger charge is 2.38. The van der Waals surface area contributed by atoms with E-state index in [1.807, 2.05) is 0 Å². The molecule has 1 aromatic rings. The minimum absolute atomic E-state index is 0.454. The maximum atomic E-state index is 12.2. The van der Waals surface area contributed by atoms with Crippen LogP contribution in [0.3, 0.4) is 0 Å². The number of rotatable bonds is 2. The normalized spacial score (nSPS) is 11.7. The number of hydrogen-bond acceptors (Lipinski definition) is 3. The molecule has 0 aliphatic rings. The predicted molar refractivity (Wildman–Crippen MR) is 37.3 cm³/mol. The van der Waals surface area contributed by atoms with Crippen molar-refractivity contribution in [2.24, 2.45) is 7.05 Å². The van der Waals surface area contributed by atoms with Crippen LogP contribution in [0.5, 0.6) is 0 Å². The van der Waals surface area contributed by atoms with Gasteiger partial charge in [-0.15, -0.1) is 5.10 Å². The fraction of sp³-hybridized carbons (Fsp3) is 0.500. The van der Waals surface area contributed by atoms with Gasteiger partial charge >= 0.3 is 12.1 Å². The summed E-state index contributed by atoms with van der Waals surface area (Å²) in [5.41, 5.74) is -1.70. The molecular weight excluding hydrogens is 203 g/mol. The van der Waals surface area contributed by atoms with Gasteiger partial charge < -0.3 is 5.11 Å². The third-order valence-corrected chi connectivity index (χ3v) is 1.53. The molecule has 0 bridgehead atoms. The minimum Gasteiger partial charge on any atom is -0.481 e. The molecule has 5 nitrogen and oxygen atoms in total. The lowest BCUT2D eigenvalue weighted by Crippen LogP contribution is -2.14. The highest BCUT2D eigenvalue weighted by molar-refractivity contribution is 5.69. The van der Waals surface area contributed by atoms with E-state index in [-0.39, 0.29) is 0 Å². The molecule has 0 saturated carbocycles. The van der Waals surface area contributed by atoms with Crippen LogP contribution >= 0.6 is 0 Å². The summed E-state index contributed by atoms with van der Waals surface area (Å²) in [4.78, 5) is 10.3. The van der Waals surface area contributed by atoms with Crippen molar-refractivity contribution in [3.63, 3.8) is 0 Å². The molecule has 0 unspecified atom stereocenters. The average molecular weight is 209 g/mol. The quantitative estimate of drug-likeness (QED) is 0.768. The van der Waals surface area contributed by atoms with Gasteiger partial charge in [-0.25, -0.2) is 0 Å². The monoisotopic (exact) mass is 209 g/mol. The minimum atomic E-state index is -4.67. The lowest BCUT2D eigenvalue weighted by atomic mass is 10.2. The Kier molecular flexibility index (Phi) is 2.45. The zero-order chi connectivity index (χ0) is 10.9. The van der Waals surface area contributed by atoms with Crippen LogP contribution in [0.2, 0.25) is 0 Å². The summed E-state index contributed by atoms with van der Waals surface area (Å²) in [5.74, 6) is -1.36. The summed E-state index contributed by atoms with van der Waals surface area (Å²) >= 11 is 0. The summed E-state index contributed by atoms with van der Waals surface area (Å²) in [5, 5.41) is 14.3. The van der Waals surface area contributed by atoms with Gasteiger partial charge in [-0.1, -0.05) is 5.21 Å². The van der Waals surface area contributed by atoms with E-state index in [9.17, 15) is 18.0 Å². The number of hydrogen-bond donors (Lipinski definition) is 1. The SMILES string of the molecule is Cn1nnc(C(F)(F)F)c1CC(=O)O. The van der Waals surface area contributed by atoms with E-state index in [2.05, 4.69) is 10.3 Å². The van der Waals surface area contributed by atoms with Gasteiger partial charge in [0.1, 0.15) is 0 Å². The van der Waals surface area contributed by atoms with Crippen LogP contribution in [0.1, 0.15) is 11.4 Å². The molecule has 1 aromatic heterocycles. The van der Waals surface area contributed by atoms with Crippen LogP contribution in [0.25, 0.3) is 0 Å². The Labute approximate surface area is 76.1 Å². The van der Waals surface area contributed by atoms with E-state index < -0.39 is 30.0 Å². The average Bonchev–Trinajstić information content (AvgIpc) is 2.30. The summed E-state index contributed by atoms with van der Waals surface area (Å²) in [6.45, 7) is 0. The van der Waals surface area contributed by atoms with Gasteiger partial charge in [0.25, 0.3) is 0 Å². The molecule has 78 valence electrons. The first-order valence-electron chi connectivity index (χ1n) is 3.50. The number of carbonyl (C=O) groups is 1. The van der Waals surface area contributed by atoms with E-state index in [4.69, 9.17) is 5.11 Å². The molecule has 8 heteroatoms. The molecule has 0 aromatic carbocycles. The largest absolute Gasteiger partial charge is 0.481 e. The summed E-state index contributed by atoms with van der Waals surface area (Å²) in [7, 11) is 1.21. The Morgan fingerprint density at radius 1 is 1.57 bits per heavy atom. The van der Waals surface area contributed by atoms with Crippen LogP contribution in [0, 0.1) is 0 Å². The second-order valence-corrected chi connectivity index (χ2v) is 2.58. The van der Waals surface area contributed by atoms with Crippen molar-refractivity contribution < 1.29 is 23.1 Å². The lowest BCUT2D eigenvalue weighted by molar-refractivity contribution is -0.142. The number of alkyl halides is 3. The maximum absolute atomic E-state index is 12.2. The molecule has 1 rings (SSSR count). The Morgan fingerprint density at radius 2 is 2.14 bits per heavy atom. The van der Waals surface area contributed by atoms with Gasteiger partial charge in [-0.3, -0.25) is 9.48 Å². The number of aryl methyl sites for hydroxylation is 1. The van der Waals surface area contributed by atoms with E-state index in [1.54, 1.807) is 0 Å². The number of carboxylic acids is 1. The molecule has 0 fully saturated rings. The van der Waals surface area contributed by atoms with Crippen LogP contribution in [0.4, 0.5) is 13.2 Å². The molecule has 0 radical (unpaired) electrons. The summed E-state index contributed by atoms with van der Waals surface area (Å²) in [6.07, 6.45) is -5.42. The Morgan fingerprint density at radius 3 is 2.57 bits per heavy atom. The van der Waals surface area contributed by atoms with Gasteiger partial charge in [0.15, 0.2) is 5.69 Å². The number of aliphatic carboxylic acids is 1. The molecule has 1 heterocycles. The van der Waals surface area contributed by atoms with Crippen LogP contribution in [-0.2, 0) is 24.4 Å². The molecule has 0 aliphatic carbocycles. The topological polar surface area (TPSA) is 68.0 Å². The number of aromatic nitrogens is 3. The summed E-state index contributed by atoms with van der Waals surface area (Å²) in [6, 6.07) is 0. The molecule has 0 amide bonds. The third-order valence-electron chi connectivity index (χ3n) is 1.53. The highest BCUT2D eigenvalue weighted by atomic mass is 19.4. The van der Waals surface area contributed by atoms with E-state index in [0.717, 1.165) is 4.68 Å². The molecule has 0 spiro atoms. The highest BCUT2D eigenvalue weighted by Crippen LogP contribution is 2.29. The van der Waals surface area contributed by atoms with Crippen molar-refractivity contribution in [2.45, 2.75) is 12.6 Å². The molecule has 0 aliphatic heterocycles. The van der Waals surface area contributed by atoms with E-state index in [0.29, 0.717) is 0 Å². The first-order chi connectivity index (χ1) is 6.32. The van der Waals surface area contributed by atoms with Crippen molar-refractivity contribution in [3.8, 4) is 0 Å². The molecule has 0 atom stereocenters. The van der Waals surface area contributed by atoms with Crippen molar-refractivity contribution in [3.05, 3.63) is 11.4 Å². The maximum Gasteiger partial charge on any atom is 0.437 e. The van der Waals surface area contributed by atoms with Crippen LogP contribution < -0.4 is 0 Å². The molecular formula is C6H6F3N3O2. The van der Waals surface area contributed by atoms with Crippen molar-refractivity contribution in [2.75, 3.05) is 0 Å². The van der Waals surface area contributed by atoms with Crippen LogP contribution in [0.15, 0.2) is 0 Å². The first-order valence-corrected chi connectivity index (χ1v) is 3.50. The lowest BCUT2D eigenvalue weighted by Gasteiger charge is -2.04. The van der Waals surface area contributed by atoms with Gasteiger partial charge in [-0.05, 0) is 0 Å². The van der Waals surface area contributed by atoms with Crippen molar-refractivity contribution in [1.82, 2.24) is 15.0 Å². The standard InChI is InChI=1S/C6H6F3N3O2/c1-12-3(2-4(13)14)5(10-11-12)6(7,8)9/h2H2,1H3,(H,13,14). The van der Waals surface area contributed by atoms with Crippen LogP contribution in [-0.4, -0.2) is 26.1 Å². The fourth-order valence-electron chi connectivity index (χ4n) is 0.938. The Bertz CT molecular complexity index is 358. The number of halogens is 3. The van der Waals surface area contributed by atoms with E-state index in [1.165, 1.54) is 7.05 Å². The van der Waals surface area contributed by atoms with Crippen molar-refractivity contribution >= 4 is 5.97 Å². The fourth-order valence-corrected chi connectivity index (χ4v) is 0.938. The van der Waals surface area contributed by atoms with Gasteiger partial charge in [0, 0.05) is 7.05 Å². The zero-order valence-corrected chi connectivity index (χ0v) is 7.04. The van der Waals surface area contributed by atoms with Gasteiger partial charge in [0.2, 0.25) is 0 Å². The number of carboxylic acid groups (broad SMARTS) is 1. The summed E-state index contributed by atoms with van der Waals surface area (Å²) < 4.78 is 37.4. The Hall–Kier alpha value is -1.60. The second kappa shape index (κ2) is 3.28. The molecule has 1 N–H and O–H groups in total. The van der Waals surface area contributed by atoms with Gasteiger partial charge in [-0.2, -0.15) is 13.2 Å². The number of nitrogens with zero attached hydrogens (tertiary/aromatic N) is 3.